The van der Waals surface area contributed by atoms with Gasteiger partial charge in [-0.2, -0.15) is 0 Å². The van der Waals surface area contributed by atoms with Crippen LogP contribution < -0.4 is 5.73 Å². The quantitative estimate of drug-likeness (QED) is 0.214. The Hall–Kier alpha value is -0.570. The van der Waals surface area contributed by atoms with Gasteiger partial charge in [0.25, 0.3) is 0 Å². The zero-order chi connectivity index (χ0) is 20.4. The average Bonchev–Trinajstić information content (AvgIpc) is 2.60. The molecule has 27 heavy (non-hydrogen) atoms. The van der Waals surface area contributed by atoms with Crippen molar-refractivity contribution in [1.29, 1.82) is 0 Å². The zero-order valence-electron chi connectivity index (χ0n) is 18.7. The minimum absolute atomic E-state index is 0.326. The summed E-state index contributed by atoms with van der Waals surface area (Å²) < 4.78 is 0. The molecule has 1 unspecified atom stereocenters. The van der Waals surface area contributed by atoms with Crippen LogP contribution in [-0.2, 0) is 4.79 Å². The predicted molar refractivity (Wildman–Crippen MR) is 118 cm³/mol. The van der Waals surface area contributed by atoms with Gasteiger partial charge in [-0.25, -0.2) is 0 Å². The molecule has 0 bridgehead atoms. The number of aliphatic carboxylic acids is 1. The number of nitrogens with two attached hydrogens (primary N) is 1. The molecule has 0 aromatic heterocycles. The molecule has 0 saturated carbocycles. The average molecular weight is 384 g/mol. The van der Waals surface area contributed by atoms with Crippen LogP contribution in [0.3, 0.4) is 0 Å². The Bertz CT molecular complexity index is 343. The summed E-state index contributed by atoms with van der Waals surface area (Å²) in [5, 5.41) is 9.38. The molecule has 0 heterocycles. The highest BCUT2D eigenvalue weighted by atomic mass is 16.4. The third-order valence-electron chi connectivity index (χ3n) is 5.67. The maximum Gasteiger partial charge on any atom is 0.323 e. The molecular weight excluding hydrogens is 334 g/mol. The summed E-state index contributed by atoms with van der Waals surface area (Å²) in [6.07, 6.45) is 22.5. The van der Waals surface area contributed by atoms with Crippen molar-refractivity contribution < 1.29 is 9.90 Å². The lowest BCUT2D eigenvalue weighted by atomic mass is 9.85. The maximum atomic E-state index is 11.4. The number of carbonyl (C=O) groups is 1. The fourth-order valence-electron chi connectivity index (χ4n) is 4.01. The van der Waals surface area contributed by atoms with Crippen molar-refractivity contribution in [2.24, 2.45) is 11.7 Å². The standard InChI is InChI=1S/C24H49NO2/c1-4-5-6-7-8-9-10-11-12-13-14-15-16-17-18-19-20-24(25,23(26)27)21-22(2)3/h22H,4-21,25H2,1-3H3,(H,26,27). The normalized spacial score (nSPS) is 13.8. The van der Waals surface area contributed by atoms with E-state index in [4.69, 9.17) is 5.73 Å². The first kappa shape index (κ1) is 26.4. The Morgan fingerprint density at radius 1 is 0.741 bits per heavy atom. The number of carboxylic acids is 1. The van der Waals surface area contributed by atoms with Gasteiger partial charge in [0.15, 0.2) is 0 Å². The van der Waals surface area contributed by atoms with Gasteiger partial charge in [0, 0.05) is 0 Å². The van der Waals surface area contributed by atoms with Crippen LogP contribution in [0, 0.1) is 5.92 Å². The fourth-order valence-corrected chi connectivity index (χ4v) is 4.01. The first-order chi connectivity index (χ1) is 12.9. The van der Waals surface area contributed by atoms with Crippen LogP contribution in [0.15, 0.2) is 0 Å². The number of hydrogen-bond donors (Lipinski definition) is 2. The second-order valence-electron chi connectivity index (χ2n) is 9.11. The summed E-state index contributed by atoms with van der Waals surface area (Å²) in [7, 11) is 0. The van der Waals surface area contributed by atoms with Crippen LogP contribution in [-0.4, -0.2) is 16.6 Å². The lowest BCUT2D eigenvalue weighted by molar-refractivity contribution is -0.144. The third kappa shape index (κ3) is 16.1. The van der Waals surface area contributed by atoms with E-state index in [2.05, 4.69) is 6.92 Å². The highest BCUT2D eigenvalue weighted by Crippen LogP contribution is 2.22. The molecular formula is C24H49NO2. The molecule has 0 aromatic carbocycles. The molecule has 0 fully saturated rings. The molecule has 0 aliphatic carbocycles. The van der Waals surface area contributed by atoms with E-state index < -0.39 is 11.5 Å². The van der Waals surface area contributed by atoms with Crippen LogP contribution in [0.25, 0.3) is 0 Å². The number of hydrogen-bond acceptors (Lipinski definition) is 2. The molecule has 0 saturated heterocycles. The molecule has 1 atom stereocenters. The van der Waals surface area contributed by atoms with Crippen molar-refractivity contribution >= 4 is 5.97 Å². The van der Waals surface area contributed by atoms with Crippen LogP contribution in [0.5, 0.6) is 0 Å². The molecule has 0 amide bonds. The molecule has 3 N–H and O–H groups in total. The number of unbranched alkanes of at least 4 members (excludes halogenated alkanes) is 15. The lowest BCUT2D eigenvalue weighted by Crippen LogP contribution is -2.48. The van der Waals surface area contributed by atoms with Crippen LogP contribution in [0.4, 0.5) is 0 Å². The summed E-state index contributed by atoms with van der Waals surface area (Å²) in [5.41, 5.74) is 5.08. The van der Waals surface area contributed by atoms with Crippen LogP contribution in [0.2, 0.25) is 0 Å². The first-order valence-electron chi connectivity index (χ1n) is 11.9. The fraction of sp³-hybridized carbons (Fsp3) is 0.958. The smallest absolute Gasteiger partial charge is 0.323 e. The first-order valence-corrected chi connectivity index (χ1v) is 11.9. The van der Waals surface area contributed by atoms with Gasteiger partial charge in [-0.15, -0.1) is 0 Å². The highest BCUT2D eigenvalue weighted by molar-refractivity contribution is 5.78. The number of rotatable bonds is 20. The van der Waals surface area contributed by atoms with Gasteiger partial charge in [0.2, 0.25) is 0 Å². The summed E-state index contributed by atoms with van der Waals surface area (Å²) in [5.74, 6) is -0.510. The Kier molecular flexibility index (Phi) is 17.2. The van der Waals surface area contributed by atoms with Gasteiger partial charge in [-0.05, 0) is 18.8 Å². The van der Waals surface area contributed by atoms with Crippen molar-refractivity contribution in [3.05, 3.63) is 0 Å². The number of carboxylic acid groups (broad SMARTS) is 1. The molecule has 162 valence electrons. The largest absolute Gasteiger partial charge is 0.480 e. The van der Waals surface area contributed by atoms with E-state index in [0.29, 0.717) is 18.8 Å². The molecule has 0 rings (SSSR count). The molecule has 0 radical (unpaired) electrons. The van der Waals surface area contributed by atoms with Gasteiger partial charge < -0.3 is 10.8 Å². The Morgan fingerprint density at radius 2 is 1.07 bits per heavy atom. The zero-order valence-corrected chi connectivity index (χ0v) is 18.7. The molecule has 0 aliphatic rings. The monoisotopic (exact) mass is 383 g/mol. The molecule has 3 heteroatoms. The topological polar surface area (TPSA) is 63.3 Å². The lowest BCUT2D eigenvalue weighted by Gasteiger charge is -2.26. The van der Waals surface area contributed by atoms with Crippen molar-refractivity contribution in [2.75, 3.05) is 0 Å². The van der Waals surface area contributed by atoms with Gasteiger partial charge in [0.05, 0.1) is 0 Å². The van der Waals surface area contributed by atoms with E-state index in [9.17, 15) is 9.90 Å². The van der Waals surface area contributed by atoms with E-state index >= 15 is 0 Å². The minimum atomic E-state index is -1.02. The second kappa shape index (κ2) is 17.5. The van der Waals surface area contributed by atoms with E-state index in [0.717, 1.165) is 12.8 Å². The SMILES string of the molecule is CCCCCCCCCCCCCCCCCCC(N)(CC(C)C)C(=O)O. The van der Waals surface area contributed by atoms with Gasteiger partial charge in [-0.1, -0.05) is 124 Å². The maximum absolute atomic E-state index is 11.4. The van der Waals surface area contributed by atoms with Crippen LogP contribution >= 0.6 is 0 Å². The minimum Gasteiger partial charge on any atom is -0.480 e. The van der Waals surface area contributed by atoms with Gasteiger partial charge in [0.1, 0.15) is 5.54 Å². The predicted octanol–water partition coefficient (Wildman–Crippen LogP) is 7.47. The Balaban J connectivity index is 3.39. The molecule has 3 nitrogen and oxygen atoms in total. The van der Waals surface area contributed by atoms with E-state index in [1.54, 1.807) is 0 Å². The van der Waals surface area contributed by atoms with Crippen LogP contribution in [0.1, 0.15) is 136 Å². The summed E-state index contributed by atoms with van der Waals surface area (Å²) >= 11 is 0. The van der Waals surface area contributed by atoms with E-state index in [1.165, 1.54) is 89.9 Å². The van der Waals surface area contributed by atoms with Gasteiger partial charge in [-0.3, -0.25) is 4.79 Å². The highest BCUT2D eigenvalue weighted by Gasteiger charge is 2.33. The van der Waals surface area contributed by atoms with Crippen molar-refractivity contribution in [3.8, 4) is 0 Å². The molecule has 0 aliphatic heterocycles. The van der Waals surface area contributed by atoms with E-state index in [1.807, 2.05) is 13.8 Å². The molecule has 0 aromatic rings. The summed E-state index contributed by atoms with van der Waals surface area (Å²) in [6, 6.07) is 0. The van der Waals surface area contributed by atoms with Crippen molar-refractivity contribution in [1.82, 2.24) is 0 Å². The van der Waals surface area contributed by atoms with E-state index in [-0.39, 0.29) is 0 Å². The second-order valence-corrected chi connectivity index (χ2v) is 9.11. The Morgan fingerprint density at radius 3 is 1.37 bits per heavy atom. The summed E-state index contributed by atoms with van der Waals surface area (Å²) in [4.78, 5) is 11.4. The van der Waals surface area contributed by atoms with Crippen molar-refractivity contribution in [2.45, 2.75) is 142 Å². The Labute approximate surface area is 169 Å². The summed E-state index contributed by atoms with van der Waals surface area (Å²) in [6.45, 7) is 6.36. The third-order valence-corrected chi connectivity index (χ3v) is 5.67. The molecule has 0 spiro atoms. The van der Waals surface area contributed by atoms with Crippen molar-refractivity contribution in [3.63, 3.8) is 0 Å². The van der Waals surface area contributed by atoms with Gasteiger partial charge >= 0.3 is 5.97 Å².